The van der Waals surface area contributed by atoms with Gasteiger partial charge in [-0.2, -0.15) is 0 Å². The van der Waals surface area contributed by atoms with Crippen molar-refractivity contribution in [3.63, 3.8) is 0 Å². The molecule has 0 aliphatic carbocycles. The summed E-state index contributed by atoms with van der Waals surface area (Å²) in [6.07, 6.45) is 0. The van der Waals surface area contributed by atoms with Crippen LogP contribution in [0.25, 0.3) is 109 Å². The van der Waals surface area contributed by atoms with E-state index >= 15 is 0 Å². The summed E-state index contributed by atoms with van der Waals surface area (Å²) in [6.45, 7) is 22.7. The molecule has 6 nitrogen and oxygen atoms in total. The third kappa shape index (κ3) is 7.82. The second-order valence-corrected chi connectivity index (χ2v) is 25.3. The normalized spacial score (nSPS) is 12.7. The molecule has 0 aliphatic rings. The van der Waals surface area contributed by atoms with Gasteiger partial charge in [0, 0.05) is 65.8 Å². The number of benzene rings is 11. The topological polar surface area (TPSA) is 59.0 Å². The highest BCUT2D eigenvalue weighted by atomic mass is 16.4. The molecule has 402 valence electrons. The van der Waals surface area contributed by atoms with Crippen molar-refractivity contribution in [2.45, 2.75) is 91.9 Å². The fourth-order valence-corrected chi connectivity index (χ4v) is 12.8. The molecule has 0 N–H and O–H groups in total. The molecule has 0 spiro atoms. The maximum absolute atomic E-state index is 6.99. The van der Waals surface area contributed by atoms with Crippen molar-refractivity contribution < 1.29 is 17.7 Å². The minimum Gasteiger partial charge on any atom is -0.454 e. The van der Waals surface area contributed by atoms with Crippen LogP contribution in [-0.2, 0) is 10.8 Å². The van der Waals surface area contributed by atoms with E-state index in [2.05, 4.69) is 261 Å². The van der Waals surface area contributed by atoms with Gasteiger partial charge in [-0.05, 0) is 164 Å². The van der Waals surface area contributed by atoms with Gasteiger partial charge in [-0.1, -0.05) is 166 Å². The van der Waals surface area contributed by atoms with E-state index in [9.17, 15) is 0 Å². The molecule has 6 heteroatoms. The van der Waals surface area contributed by atoms with E-state index < -0.39 is 0 Å². The monoisotopic (exact) mass is 1070 g/mol. The van der Waals surface area contributed by atoms with Gasteiger partial charge in [0.25, 0.3) is 0 Å². The zero-order valence-corrected chi connectivity index (χ0v) is 48.2. The second kappa shape index (κ2) is 18.1. The van der Waals surface area contributed by atoms with Crippen LogP contribution in [0.3, 0.4) is 0 Å². The van der Waals surface area contributed by atoms with Crippen LogP contribution in [0.5, 0.6) is 0 Å². The fourth-order valence-electron chi connectivity index (χ4n) is 12.8. The number of nitrogens with zero attached hydrogens (tertiary/aromatic N) is 2. The van der Waals surface area contributed by atoms with E-state index in [4.69, 9.17) is 17.7 Å². The van der Waals surface area contributed by atoms with E-state index in [1.807, 2.05) is 12.1 Å². The van der Waals surface area contributed by atoms with Crippen molar-refractivity contribution in [2.24, 2.45) is 0 Å². The van der Waals surface area contributed by atoms with Crippen LogP contribution < -0.4 is 9.80 Å². The van der Waals surface area contributed by atoms with E-state index in [1.54, 1.807) is 0 Å². The van der Waals surface area contributed by atoms with Gasteiger partial charge in [0.1, 0.15) is 22.3 Å². The molecule has 15 aromatic rings. The third-order valence-corrected chi connectivity index (χ3v) is 17.2. The second-order valence-electron chi connectivity index (χ2n) is 25.3. The molecular weight excluding hydrogens is 1000 g/mol. The van der Waals surface area contributed by atoms with Crippen LogP contribution in [0.1, 0.15) is 103 Å². The third-order valence-electron chi connectivity index (χ3n) is 17.2. The number of furan rings is 4. The summed E-state index contributed by atoms with van der Waals surface area (Å²) in [7, 11) is 0. The zero-order chi connectivity index (χ0) is 56.1. The summed E-state index contributed by atoms with van der Waals surface area (Å²) in [4.78, 5) is 4.79. The molecule has 0 aliphatic heterocycles. The first-order chi connectivity index (χ1) is 39.5. The highest BCUT2D eigenvalue weighted by Crippen LogP contribution is 2.51. The maximum Gasteiger partial charge on any atom is 0.178 e. The average molecular weight is 1070 g/mol. The van der Waals surface area contributed by atoms with Crippen LogP contribution in [0.4, 0.5) is 34.1 Å². The first kappa shape index (κ1) is 49.8. The van der Waals surface area contributed by atoms with Crippen LogP contribution in [0.2, 0.25) is 0 Å². The largest absolute Gasteiger partial charge is 0.454 e. The summed E-state index contributed by atoms with van der Waals surface area (Å²) < 4.78 is 27.8. The molecular formula is C76H64N2O4. The van der Waals surface area contributed by atoms with Gasteiger partial charge in [-0.15, -0.1) is 0 Å². The van der Waals surface area contributed by atoms with Crippen molar-refractivity contribution in [3.05, 3.63) is 216 Å². The SMILES string of the molecule is CC(C)c1ccc(N(c2ccc3cc4c(cc3c2)oc2c4ccc3c4cc5ccc(N(c6ccc(C(C)C)cc6)c6c(C(C)(C)C)ccc7c6oc6ccccc67)cc5cc4oc32)c2c(C(C)(C)C)ccc3c2oc2ccccc23)cc1. The number of para-hydroxylation sites is 2. The molecule has 0 radical (unpaired) electrons. The molecule has 0 saturated heterocycles. The average Bonchev–Trinajstić information content (AvgIpc) is 2.28. The van der Waals surface area contributed by atoms with Crippen LogP contribution in [0, 0.1) is 0 Å². The van der Waals surface area contributed by atoms with Crippen molar-refractivity contribution in [2.75, 3.05) is 9.80 Å². The van der Waals surface area contributed by atoms with Gasteiger partial charge >= 0.3 is 0 Å². The molecule has 0 bridgehead atoms. The standard InChI is InChI=1S/C76H64N2O4/c1-43(2)45-19-25-51(26-20-45)77(69-63(75(5,6)7)35-33-57-55-15-11-13-17-65(55)79-71(57)69)53-29-23-47-39-61-59-31-32-60-62-40-48-24-30-54(38-50(48)42-68(62)82-74(60)73(59)81-67(61)41-49(47)37-53)78(52-27-21-46(22-28-52)44(3)4)70-64(76(8,9)10)36-34-58-56-16-12-14-18-66(56)80-72(58)70/h11-44H,1-10H3. The molecule has 0 saturated carbocycles. The van der Waals surface area contributed by atoms with E-state index in [-0.39, 0.29) is 10.8 Å². The minimum absolute atomic E-state index is 0.196. The van der Waals surface area contributed by atoms with Crippen molar-refractivity contribution in [1.82, 2.24) is 0 Å². The van der Waals surface area contributed by atoms with Crippen LogP contribution in [0.15, 0.2) is 212 Å². The van der Waals surface area contributed by atoms with Crippen molar-refractivity contribution in [1.29, 1.82) is 0 Å². The van der Waals surface area contributed by atoms with Gasteiger partial charge < -0.3 is 27.5 Å². The van der Waals surface area contributed by atoms with E-state index in [0.29, 0.717) is 11.8 Å². The van der Waals surface area contributed by atoms with Crippen molar-refractivity contribution in [3.8, 4) is 0 Å². The molecule has 11 aromatic carbocycles. The lowest BCUT2D eigenvalue weighted by Crippen LogP contribution is -2.19. The number of fused-ring (bicyclic) bond motifs is 15. The Morgan fingerprint density at radius 3 is 1.04 bits per heavy atom. The fraction of sp³-hybridized carbons (Fsp3) is 0.184. The van der Waals surface area contributed by atoms with Gasteiger partial charge in [-0.25, -0.2) is 0 Å². The number of hydrogen-bond donors (Lipinski definition) is 0. The summed E-state index contributed by atoms with van der Waals surface area (Å²) >= 11 is 0. The molecule has 15 rings (SSSR count). The first-order valence-electron chi connectivity index (χ1n) is 28.9. The van der Waals surface area contributed by atoms with Crippen molar-refractivity contribution >= 4 is 143 Å². The Balaban J connectivity index is 0.877. The van der Waals surface area contributed by atoms with E-state index in [1.165, 1.54) is 22.3 Å². The number of anilines is 6. The molecule has 0 fully saturated rings. The van der Waals surface area contributed by atoms with Gasteiger partial charge in [0.05, 0.1) is 11.4 Å². The Kier molecular flexibility index (Phi) is 11.0. The Bertz CT molecular complexity index is 4750. The Hall–Kier alpha value is -9.26. The lowest BCUT2D eigenvalue weighted by Gasteiger charge is -2.32. The lowest BCUT2D eigenvalue weighted by atomic mass is 9.84. The van der Waals surface area contributed by atoms with E-state index in [0.717, 1.165) is 143 Å². The molecule has 0 atom stereocenters. The zero-order valence-electron chi connectivity index (χ0n) is 48.2. The quantitative estimate of drug-likeness (QED) is 0.151. The highest BCUT2D eigenvalue weighted by molar-refractivity contribution is 6.22. The molecule has 4 heterocycles. The molecule has 82 heavy (non-hydrogen) atoms. The lowest BCUT2D eigenvalue weighted by molar-refractivity contribution is 0.588. The van der Waals surface area contributed by atoms with Gasteiger partial charge in [0.2, 0.25) is 0 Å². The Morgan fingerprint density at radius 2 is 0.646 bits per heavy atom. The first-order valence-corrected chi connectivity index (χ1v) is 28.9. The molecule has 0 unspecified atom stereocenters. The number of hydrogen-bond acceptors (Lipinski definition) is 6. The van der Waals surface area contributed by atoms with Gasteiger partial charge in [-0.3, -0.25) is 0 Å². The van der Waals surface area contributed by atoms with Crippen LogP contribution in [-0.4, -0.2) is 0 Å². The molecule has 4 aromatic heterocycles. The summed E-state index contributed by atoms with van der Waals surface area (Å²) in [5.41, 5.74) is 17.5. The summed E-state index contributed by atoms with van der Waals surface area (Å²) in [5.74, 6) is 0.809. The highest BCUT2D eigenvalue weighted by Gasteiger charge is 2.31. The Morgan fingerprint density at radius 1 is 0.293 bits per heavy atom. The molecule has 0 amide bonds. The van der Waals surface area contributed by atoms with Gasteiger partial charge in [0.15, 0.2) is 22.3 Å². The smallest absolute Gasteiger partial charge is 0.178 e. The number of rotatable bonds is 8. The predicted molar refractivity (Wildman–Crippen MR) is 346 cm³/mol. The Labute approximate surface area is 476 Å². The minimum atomic E-state index is -0.196. The summed E-state index contributed by atoms with van der Waals surface area (Å²) in [6, 6.07) is 70.8. The van der Waals surface area contributed by atoms with Crippen LogP contribution >= 0.6 is 0 Å². The predicted octanol–water partition coefficient (Wildman–Crippen LogP) is 23.4. The summed E-state index contributed by atoms with van der Waals surface area (Å²) in [5, 5.41) is 12.9. The maximum atomic E-state index is 6.99.